The van der Waals surface area contributed by atoms with Gasteiger partial charge in [0.1, 0.15) is 5.71 Å². The van der Waals surface area contributed by atoms with Gasteiger partial charge >= 0.3 is 0 Å². The predicted molar refractivity (Wildman–Crippen MR) is 57.4 cm³/mol. The Hall–Kier alpha value is -1.47. The van der Waals surface area contributed by atoms with Crippen LogP contribution in [0.1, 0.15) is 6.42 Å². The molecule has 2 aliphatic heterocycles. The summed E-state index contributed by atoms with van der Waals surface area (Å²) in [6.45, 7) is 3.42. The van der Waals surface area contributed by atoms with Crippen molar-refractivity contribution in [3.05, 3.63) is 0 Å². The van der Waals surface area contributed by atoms with Gasteiger partial charge in [-0.05, 0) is 7.05 Å². The van der Waals surface area contributed by atoms with E-state index in [4.69, 9.17) is 0 Å². The molecule has 1 fully saturated rings. The van der Waals surface area contributed by atoms with Crippen molar-refractivity contribution in [3.8, 4) is 0 Å². The molecule has 16 heavy (non-hydrogen) atoms. The molecule has 7 nitrogen and oxygen atoms in total. The normalized spacial score (nSPS) is 22.8. The van der Waals surface area contributed by atoms with Crippen molar-refractivity contribution in [2.45, 2.75) is 6.42 Å². The first-order valence-corrected chi connectivity index (χ1v) is 5.25. The van der Waals surface area contributed by atoms with E-state index >= 15 is 0 Å². The van der Waals surface area contributed by atoms with E-state index in [-0.39, 0.29) is 23.9 Å². The lowest BCUT2D eigenvalue weighted by molar-refractivity contribution is -0.121. The van der Waals surface area contributed by atoms with Crippen molar-refractivity contribution in [1.82, 2.24) is 20.8 Å². The van der Waals surface area contributed by atoms with Crippen LogP contribution in [0.25, 0.3) is 0 Å². The van der Waals surface area contributed by atoms with E-state index in [1.54, 1.807) is 0 Å². The number of hydrazine groups is 1. The summed E-state index contributed by atoms with van der Waals surface area (Å²) in [6.07, 6.45) is 0.0690. The quantitative estimate of drug-likeness (QED) is 0.578. The van der Waals surface area contributed by atoms with Gasteiger partial charge in [0.25, 0.3) is 5.91 Å². The highest BCUT2D eigenvalue weighted by Crippen LogP contribution is 1.99. The molecule has 0 spiro atoms. The van der Waals surface area contributed by atoms with Gasteiger partial charge in [-0.2, -0.15) is 5.10 Å². The summed E-state index contributed by atoms with van der Waals surface area (Å²) in [4.78, 5) is 24.7. The van der Waals surface area contributed by atoms with Crippen molar-refractivity contribution >= 4 is 17.5 Å². The molecule has 1 saturated heterocycles. The van der Waals surface area contributed by atoms with Crippen LogP contribution in [0.4, 0.5) is 0 Å². The molecular weight excluding hydrogens is 210 g/mol. The van der Waals surface area contributed by atoms with Crippen LogP contribution in [0.15, 0.2) is 5.10 Å². The second-order valence-electron chi connectivity index (χ2n) is 4.00. The number of likely N-dealkylation sites (N-methyl/N-ethyl adjacent to an activating group) is 1. The van der Waals surface area contributed by atoms with Crippen molar-refractivity contribution < 1.29 is 9.59 Å². The molecule has 0 aliphatic carbocycles. The lowest BCUT2D eigenvalue weighted by Gasteiger charge is -2.32. The van der Waals surface area contributed by atoms with Crippen molar-refractivity contribution in [2.75, 3.05) is 33.2 Å². The Morgan fingerprint density at radius 3 is 2.62 bits per heavy atom. The highest BCUT2D eigenvalue weighted by atomic mass is 16.2. The molecule has 88 valence electrons. The van der Waals surface area contributed by atoms with Gasteiger partial charge in [-0.15, -0.1) is 0 Å². The average Bonchev–Trinajstić information content (AvgIpc) is 2.68. The topological polar surface area (TPSA) is 77.0 Å². The molecule has 0 unspecified atom stereocenters. The number of hydrogen-bond acceptors (Lipinski definition) is 5. The summed E-state index contributed by atoms with van der Waals surface area (Å²) < 4.78 is 0. The van der Waals surface area contributed by atoms with Crippen molar-refractivity contribution in [1.29, 1.82) is 0 Å². The van der Waals surface area contributed by atoms with Gasteiger partial charge in [0.05, 0.1) is 6.42 Å². The van der Waals surface area contributed by atoms with Crippen molar-refractivity contribution in [3.63, 3.8) is 0 Å². The third-order valence-corrected chi connectivity index (χ3v) is 2.67. The number of nitrogens with one attached hydrogen (secondary N) is 2. The minimum absolute atomic E-state index is 0.0690. The lowest BCUT2D eigenvalue weighted by atomic mass is 10.2. The van der Waals surface area contributed by atoms with Crippen LogP contribution in [0, 0.1) is 0 Å². The predicted octanol–water partition coefficient (Wildman–Crippen LogP) is -1.86. The fourth-order valence-electron chi connectivity index (χ4n) is 1.62. The van der Waals surface area contributed by atoms with Crippen LogP contribution in [-0.4, -0.2) is 60.7 Å². The van der Waals surface area contributed by atoms with E-state index in [2.05, 4.69) is 20.9 Å². The minimum atomic E-state index is -0.289. The Balaban J connectivity index is 1.81. The van der Waals surface area contributed by atoms with Crippen LogP contribution in [0.2, 0.25) is 0 Å². The van der Waals surface area contributed by atoms with E-state index in [9.17, 15) is 9.59 Å². The monoisotopic (exact) mass is 225 g/mol. The van der Waals surface area contributed by atoms with Crippen LogP contribution < -0.4 is 10.9 Å². The third-order valence-electron chi connectivity index (χ3n) is 2.67. The minimum Gasteiger partial charge on any atom is -0.304 e. The highest BCUT2D eigenvalue weighted by molar-refractivity contribution is 6.42. The number of hydrazone groups is 1. The zero-order valence-corrected chi connectivity index (χ0v) is 9.19. The number of carbonyl (C=O) groups excluding carboxylic acids is 2. The van der Waals surface area contributed by atoms with Gasteiger partial charge in [0.15, 0.2) is 0 Å². The first-order chi connectivity index (χ1) is 7.65. The smallest absolute Gasteiger partial charge is 0.282 e. The maximum Gasteiger partial charge on any atom is 0.282 e. The van der Waals surface area contributed by atoms with Gasteiger partial charge in [-0.25, -0.2) is 10.4 Å². The summed E-state index contributed by atoms with van der Waals surface area (Å²) in [7, 11) is 2.04. The molecule has 2 aliphatic rings. The number of nitrogens with zero attached hydrogens (tertiary/aromatic N) is 3. The second kappa shape index (κ2) is 4.58. The Morgan fingerprint density at radius 2 is 2.06 bits per heavy atom. The van der Waals surface area contributed by atoms with Gasteiger partial charge < -0.3 is 4.90 Å². The van der Waals surface area contributed by atoms with Gasteiger partial charge in [0, 0.05) is 26.2 Å². The lowest BCUT2D eigenvalue weighted by Crippen LogP contribution is -2.53. The summed E-state index contributed by atoms with van der Waals surface area (Å²) in [6, 6.07) is 0. The standard InChI is InChI=1S/C9H15N5O2/c1-13-2-4-14(5-3-13)12-9(16)7-6-8(15)11-10-7/h2-6H2,1H3,(H,11,15)(H,12,16). The largest absolute Gasteiger partial charge is 0.304 e. The molecule has 0 saturated carbocycles. The molecule has 0 radical (unpaired) electrons. The van der Waals surface area contributed by atoms with E-state index in [0.717, 1.165) is 26.2 Å². The highest BCUT2D eigenvalue weighted by Gasteiger charge is 2.23. The number of rotatable bonds is 2. The molecule has 2 N–H and O–H groups in total. The van der Waals surface area contributed by atoms with E-state index in [0.29, 0.717) is 0 Å². The fourth-order valence-corrected chi connectivity index (χ4v) is 1.62. The Bertz CT molecular complexity index is 333. The number of piperazine rings is 1. The van der Waals surface area contributed by atoms with Gasteiger partial charge in [-0.3, -0.25) is 15.0 Å². The Labute approximate surface area is 93.4 Å². The Morgan fingerprint density at radius 1 is 1.38 bits per heavy atom. The first-order valence-electron chi connectivity index (χ1n) is 5.25. The summed E-state index contributed by atoms with van der Waals surface area (Å²) in [5.41, 5.74) is 5.26. The molecule has 0 aromatic carbocycles. The zero-order valence-electron chi connectivity index (χ0n) is 9.19. The molecule has 7 heteroatoms. The average molecular weight is 225 g/mol. The second-order valence-corrected chi connectivity index (χ2v) is 4.00. The zero-order chi connectivity index (χ0) is 11.5. The summed E-state index contributed by atoms with van der Waals surface area (Å²) >= 11 is 0. The molecule has 2 rings (SSSR count). The van der Waals surface area contributed by atoms with Crippen LogP contribution in [0.3, 0.4) is 0 Å². The Kier molecular flexibility index (Phi) is 3.16. The molecule has 0 bridgehead atoms. The van der Waals surface area contributed by atoms with E-state index < -0.39 is 0 Å². The summed E-state index contributed by atoms with van der Waals surface area (Å²) in [5, 5.41) is 5.52. The maximum absolute atomic E-state index is 11.7. The molecule has 2 amide bonds. The maximum atomic E-state index is 11.7. The number of carbonyl (C=O) groups is 2. The summed E-state index contributed by atoms with van der Waals surface area (Å²) in [5.74, 6) is -0.522. The molecule has 0 aromatic heterocycles. The van der Waals surface area contributed by atoms with Crippen LogP contribution in [-0.2, 0) is 9.59 Å². The third kappa shape index (κ3) is 2.56. The molecule has 0 aromatic rings. The molecule has 2 heterocycles. The SMILES string of the molecule is CN1CCN(NC(=O)C2=NNC(=O)C2)CC1. The first kappa shape index (κ1) is 11.0. The fraction of sp³-hybridized carbons (Fsp3) is 0.667. The van der Waals surface area contributed by atoms with Crippen molar-refractivity contribution in [2.24, 2.45) is 5.10 Å². The van der Waals surface area contributed by atoms with E-state index in [1.807, 2.05) is 12.1 Å². The van der Waals surface area contributed by atoms with E-state index in [1.165, 1.54) is 0 Å². The number of hydrogen-bond donors (Lipinski definition) is 2. The van der Waals surface area contributed by atoms with Gasteiger partial charge in [-0.1, -0.05) is 0 Å². The van der Waals surface area contributed by atoms with Crippen LogP contribution >= 0.6 is 0 Å². The number of amides is 2. The molecular formula is C9H15N5O2. The molecule has 0 atom stereocenters. The van der Waals surface area contributed by atoms with Crippen LogP contribution in [0.5, 0.6) is 0 Å². The van der Waals surface area contributed by atoms with Gasteiger partial charge in [0.2, 0.25) is 5.91 Å².